The summed E-state index contributed by atoms with van der Waals surface area (Å²) in [5.74, 6) is -0.0729. The van der Waals surface area contributed by atoms with Crippen LogP contribution in [-0.4, -0.2) is 51.5 Å². The van der Waals surface area contributed by atoms with Crippen molar-refractivity contribution in [3.05, 3.63) is 0 Å². The van der Waals surface area contributed by atoms with Crippen molar-refractivity contribution in [1.82, 2.24) is 10.6 Å². The molecule has 0 aromatic carbocycles. The summed E-state index contributed by atoms with van der Waals surface area (Å²) in [5.41, 5.74) is 0. The van der Waals surface area contributed by atoms with Gasteiger partial charge in [-0.3, -0.25) is 4.79 Å². The summed E-state index contributed by atoms with van der Waals surface area (Å²) in [5, 5.41) is 5.86. The van der Waals surface area contributed by atoms with Gasteiger partial charge in [0.05, 0.1) is 19.3 Å². The lowest BCUT2D eigenvalue weighted by Gasteiger charge is -2.23. The summed E-state index contributed by atoms with van der Waals surface area (Å²) in [7, 11) is 0. The third-order valence-electron chi connectivity index (χ3n) is 1.92. The number of amides is 1. The van der Waals surface area contributed by atoms with Crippen LogP contribution in [0.15, 0.2) is 0 Å². The zero-order valence-corrected chi connectivity index (χ0v) is 8.54. The second kappa shape index (κ2) is 6.75. The number of hydrogen-bond donors (Lipinski definition) is 2. The second-order valence-electron chi connectivity index (χ2n) is 3.17. The molecule has 2 N–H and O–H groups in total. The first-order chi connectivity index (χ1) is 6.83. The molecule has 1 aliphatic rings. The van der Waals surface area contributed by atoms with E-state index < -0.39 is 0 Å². The number of ether oxygens (including phenoxy) is 2. The summed E-state index contributed by atoms with van der Waals surface area (Å²) >= 11 is 0. The Bertz CT molecular complexity index is 169. The van der Waals surface area contributed by atoms with Gasteiger partial charge in [-0.2, -0.15) is 0 Å². The summed E-state index contributed by atoms with van der Waals surface area (Å²) in [6, 6.07) is 0. The first-order valence-corrected chi connectivity index (χ1v) is 4.99. The molecule has 0 aromatic rings. The maximum atomic E-state index is 11.0. The lowest BCUT2D eigenvalue weighted by Crippen LogP contribution is -2.41. The van der Waals surface area contributed by atoms with Gasteiger partial charge in [-0.25, -0.2) is 0 Å². The van der Waals surface area contributed by atoms with E-state index in [0.29, 0.717) is 13.2 Å². The smallest absolute Gasteiger partial charge is 0.245 e. The molecular formula is C9H18N2O3. The minimum atomic E-state index is -0.0729. The molecule has 0 bridgehead atoms. The second-order valence-corrected chi connectivity index (χ2v) is 3.17. The van der Waals surface area contributed by atoms with Crippen LogP contribution in [0, 0.1) is 0 Å². The highest BCUT2D eigenvalue weighted by atomic mass is 16.5. The summed E-state index contributed by atoms with van der Waals surface area (Å²) in [6.45, 7) is 5.53. The standard InChI is InChI=1S/C9H18N2O3/c1-2-11-9(12)7-13-6-8-5-10-3-4-14-8/h8,10H,2-7H2,1H3,(H,11,12). The van der Waals surface area contributed by atoms with Crippen LogP contribution in [0.3, 0.4) is 0 Å². The van der Waals surface area contributed by atoms with Gasteiger partial charge in [-0.15, -0.1) is 0 Å². The zero-order valence-electron chi connectivity index (χ0n) is 8.54. The normalized spacial score (nSPS) is 21.9. The molecule has 14 heavy (non-hydrogen) atoms. The quantitative estimate of drug-likeness (QED) is 0.608. The summed E-state index contributed by atoms with van der Waals surface area (Å²) in [6.07, 6.45) is 0.0816. The average Bonchev–Trinajstić information content (AvgIpc) is 2.20. The van der Waals surface area contributed by atoms with E-state index in [4.69, 9.17) is 9.47 Å². The molecule has 1 atom stereocenters. The number of likely N-dealkylation sites (N-methyl/N-ethyl adjacent to an activating group) is 1. The Hall–Kier alpha value is -0.650. The molecule has 0 radical (unpaired) electrons. The van der Waals surface area contributed by atoms with E-state index in [1.165, 1.54) is 0 Å². The number of carbonyl (C=O) groups is 1. The molecule has 1 fully saturated rings. The van der Waals surface area contributed by atoms with Crippen LogP contribution >= 0.6 is 0 Å². The van der Waals surface area contributed by atoms with E-state index in [-0.39, 0.29) is 18.6 Å². The lowest BCUT2D eigenvalue weighted by molar-refractivity contribution is -0.127. The molecule has 1 saturated heterocycles. The van der Waals surface area contributed by atoms with Crippen molar-refractivity contribution in [1.29, 1.82) is 0 Å². The Morgan fingerprint density at radius 2 is 2.57 bits per heavy atom. The van der Waals surface area contributed by atoms with Crippen molar-refractivity contribution in [2.75, 3.05) is 39.5 Å². The Balaban J connectivity index is 1.99. The van der Waals surface area contributed by atoms with E-state index >= 15 is 0 Å². The molecule has 0 aliphatic carbocycles. The molecule has 0 aromatic heterocycles. The number of rotatable bonds is 5. The number of hydrogen-bond acceptors (Lipinski definition) is 4. The first-order valence-electron chi connectivity index (χ1n) is 4.99. The topological polar surface area (TPSA) is 59.6 Å². The van der Waals surface area contributed by atoms with Crippen LogP contribution in [0.25, 0.3) is 0 Å². The molecule has 0 spiro atoms. The molecule has 1 amide bonds. The molecule has 1 aliphatic heterocycles. The highest BCUT2D eigenvalue weighted by molar-refractivity contribution is 5.77. The fourth-order valence-electron chi connectivity index (χ4n) is 1.26. The van der Waals surface area contributed by atoms with Crippen molar-refractivity contribution in [3.63, 3.8) is 0 Å². The van der Waals surface area contributed by atoms with Gasteiger partial charge in [0.1, 0.15) is 6.61 Å². The van der Waals surface area contributed by atoms with E-state index in [1.54, 1.807) is 0 Å². The monoisotopic (exact) mass is 202 g/mol. The Morgan fingerprint density at radius 1 is 1.71 bits per heavy atom. The molecule has 82 valence electrons. The van der Waals surface area contributed by atoms with Crippen molar-refractivity contribution < 1.29 is 14.3 Å². The van der Waals surface area contributed by atoms with Gasteiger partial charge in [0, 0.05) is 19.6 Å². The van der Waals surface area contributed by atoms with Gasteiger partial charge in [-0.1, -0.05) is 0 Å². The van der Waals surface area contributed by atoms with Gasteiger partial charge >= 0.3 is 0 Å². The minimum Gasteiger partial charge on any atom is -0.373 e. The Labute approximate surface area is 84.1 Å². The fourth-order valence-corrected chi connectivity index (χ4v) is 1.26. The van der Waals surface area contributed by atoms with Crippen molar-refractivity contribution in [2.24, 2.45) is 0 Å². The lowest BCUT2D eigenvalue weighted by atomic mass is 10.3. The highest BCUT2D eigenvalue weighted by Crippen LogP contribution is 1.96. The highest BCUT2D eigenvalue weighted by Gasteiger charge is 2.13. The van der Waals surface area contributed by atoms with Gasteiger partial charge < -0.3 is 20.1 Å². The summed E-state index contributed by atoms with van der Waals surface area (Å²) < 4.78 is 10.6. The molecular weight excluding hydrogens is 184 g/mol. The predicted molar refractivity (Wildman–Crippen MR) is 52.1 cm³/mol. The van der Waals surface area contributed by atoms with Crippen LogP contribution in [0.2, 0.25) is 0 Å². The molecule has 5 nitrogen and oxygen atoms in total. The third kappa shape index (κ3) is 4.55. The van der Waals surface area contributed by atoms with Gasteiger partial charge in [0.2, 0.25) is 5.91 Å². The van der Waals surface area contributed by atoms with E-state index in [9.17, 15) is 4.79 Å². The minimum absolute atomic E-state index is 0.0729. The maximum absolute atomic E-state index is 11.0. The van der Waals surface area contributed by atoms with Crippen LogP contribution in [-0.2, 0) is 14.3 Å². The zero-order chi connectivity index (χ0) is 10.2. The van der Waals surface area contributed by atoms with Crippen molar-refractivity contribution in [2.45, 2.75) is 13.0 Å². The number of nitrogens with one attached hydrogen (secondary N) is 2. The van der Waals surface area contributed by atoms with Crippen LogP contribution in [0.4, 0.5) is 0 Å². The van der Waals surface area contributed by atoms with Gasteiger partial charge in [-0.05, 0) is 6.92 Å². The van der Waals surface area contributed by atoms with Crippen LogP contribution in [0.5, 0.6) is 0 Å². The SMILES string of the molecule is CCNC(=O)COCC1CNCCO1. The first kappa shape index (κ1) is 11.4. The fraction of sp³-hybridized carbons (Fsp3) is 0.889. The molecule has 1 unspecified atom stereocenters. The predicted octanol–water partition coefficient (Wildman–Crippen LogP) is -0.872. The van der Waals surface area contributed by atoms with E-state index in [2.05, 4.69) is 10.6 Å². The van der Waals surface area contributed by atoms with Crippen molar-refractivity contribution >= 4 is 5.91 Å². The number of morpholine rings is 1. The average molecular weight is 202 g/mol. The molecule has 5 heteroatoms. The number of carbonyl (C=O) groups excluding carboxylic acids is 1. The van der Waals surface area contributed by atoms with Gasteiger partial charge in [0.25, 0.3) is 0 Å². The maximum Gasteiger partial charge on any atom is 0.245 e. The van der Waals surface area contributed by atoms with Crippen molar-refractivity contribution in [3.8, 4) is 0 Å². The molecule has 0 saturated carbocycles. The van der Waals surface area contributed by atoms with Gasteiger partial charge in [0.15, 0.2) is 0 Å². The Morgan fingerprint density at radius 3 is 3.21 bits per heavy atom. The van der Waals surface area contributed by atoms with Crippen LogP contribution < -0.4 is 10.6 Å². The largest absolute Gasteiger partial charge is 0.373 e. The van der Waals surface area contributed by atoms with E-state index in [1.807, 2.05) is 6.92 Å². The van der Waals surface area contributed by atoms with Crippen LogP contribution in [0.1, 0.15) is 6.92 Å². The summed E-state index contributed by atoms with van der Waals surface area (Å²) in [4.78, 5) is 11.0. The third-order valence-corrected chi connectivity index (χ3v) is 1.92. The Kier molecular flexibility index (Phi) is 5.51. The van der Waals surface area contributed by atoms with E-state index in [0.717, 1.165) is 19.7 Å². The molecule has 1 heterocycles. The molecule has 1 rings (SSSR count).